The first-order valence-electron chi connectivity index (χ1n) is 19.5. The van der Waals surface area contributed by atoms with Gasteiger partial charge in [0.15, 0.2) is 0 Å². The number of unbranched alkanes of at least 4 members (excludes halogenated alkanes) is 6. The van der Waals surface area contributed by atoms with Crippen LogP contribution < -0.4 is 4.74 Å². The normalized spacial score (nSPS) is 11.4. The van der Waals surface area contributed by atoms with Crippen molar-refractivity contribution in [1.82, 2.24) is 0 Å². The minimum atomic E-state index is -0.995. The maximum Gasteiger partial charge on any atom is 0.329 e. The zero-order valence-electron chi connectivity index (χ0n) is 32.5. The van der Waals surface area contributed by atoms with Crippen LogP contribution in [0.2, 0.25) is 0 Å². The van der Waals surface area contributed by atoms with E-state index >= 15 is 0 Å². The van der Waals surface area contributed by atoms with Crippen molar-refractivity contribution in [3.05, 3.63) is 29.8 Å². The van der Waals surface area contributed by atoms with Gasteiger partial charge in [-0.25, -0.2) is 4.79 Å². The largest absolute Gasteiger partial charge is 0.491 e. The Bertz CT molecular complexity index is 876. The van der Waals surface area contributed by atoms with Gasteiger partial charge >= 0.3 is 5.97 Å². The summed E-state index contributed by atoms with van der Waals surface area (Å²) in [4.78, 5) is 10.3. The van der Waals surface area contributed by atoms with Crippen molar-refractivity contribution in [3.63, 3.8) is 0 Å². The number of benzene rings is 1. The molecule has 53 heavy (non-hydrogen) atoms. The van der Waals surface area contributed by atoms with Gasteiger partial charge in [-0.2, -0.15) is 0 Å². The lowest BCUT2D eigenvalue weighted by molar-refractivity contribution is -0.142. The fourth-order valence-corrected chi connectivity index (χ4v) is 4.62. The van der Waals surface area contributed by atoms with E-state index in [0.717, 1.165) is 12.2 Å². The van der Waals surface area contributed by atoms with Gasteiger partial charge in [0.2, 0.25) is 0 Å². The van der Waals surface area contributed by atoms with Gasteiger partial charge in [-0.05, 0) is 30.5 Å². The minimum Gasteiger partial charge on any atom is -0.491 e. The van der Waals surface area contributed by atoms with Crippen molar-refractivity contribution in [2.45, 2.75) is 58.3 Å². The second kappa shape index (κ2) is 41.2. The van der Waals surface area contributed by atoms with Crippen molar-refractivity contribution in [2.24, 2.45) is 0 Å². The number of rotatable bonds is 44. The summed E-state index contributed by atoms with van der Waals surface area (Å²) in [5.41, 5.74) is 1.38. The molecule has 1 N–H and O–H groups in total. The highest BCUT2D eigenvalue weighted by Crippen LogP contribution is 2.15. The van der Waals surface area contributed by atoms with Crippen LogP contribution in [0.5, 0.6) is 5.75 Å². The Morgan fingerprint density at radius 1 is 0.415 bits per heavy atom. The molecule has 0 saturated carbocycles. The minimum absolute atomic E-state index is 0.241. The third-order valence-corrected chi connectivity index (χ3v) is 7.43. The standard InChI is InChI=1S/C39H70O14/c1-2-3-4-5-6-7-8-9-37-10-12-38(13-11-37)53-35-34-51-31-30-49-27-26-47-23-22-45-19-18-43-15-14-42-16-17-44-20-21-46-24-25-48-28-29-50-32-33-52-36-39(40)41/h10-13H,2-9,14-36H2,1H3,(H,40,41). The first-order valence-corrected chi connectivity index (χ1v) is 19.5. The summed E-state index contributed by atoms with van der Waals surface area (Å²) in [5.74, 6) is -0.114. The zero-order chi connectivity index (χ0) is 38.0. The summed E-state index contributed by atoms with van der Waals surface area (Å²) < 4.78 is 65.3. The molecule has 0 radical (unpaired) electrons. The van der Waals surface area contributed by atoms with E-state index in [1.807, 2.05) is 12.1 Å². The van der Waals surface area contributed by atoms with Crippen molar-refractivity contribution in [1.29, 1.82) is 0 Å². The summed E-state index contributed by atoms with van der Waals surface area (Å²) in [6.07, 6.45) is 10.5. The molecule has 1 aromatic carbocycles. The average molecular weight is 763 g/mol. The summed E-state index contributed by atoms with van der Waals surface area (Å²) >= 11 is 0. The molecule has 310 valence electrons. The molecule has 1 aromatic rings. The van der Waals surface area contributed by atoms with E-state index in [1.165, 1.54) is 50.5 Å². The summed E-state index contributed by atoms with van der Waals surface area (Å²) in [7, 11) is 0. The van der Waals surface area contributed by atoms with E-state index in [9.17, 15) is 4.79 Å². The number of hydrogen-bond donors (Lipinski definition) is 1. The van der Waals surface area contributed by atoms with E-state index < -0.39 is 5.97 Å². The molecule has 0 aliphatic rings. The Morgan fingerprint density at radius 2 is 0.717 bits per heavy atom. The molecule has 14 heteroatoms. The Labute approximate surface area is 318 Å². The van der Waals surface area contributed by atoms with Gasteiger partial charge in [0, 0.05) is 0 Å². The number of carbonyl (C=O) groups is 1. The average Bonchev–Trinajstić information content (AvgIpc) is 3.16. The predicted octanol–water partition coefficient (Wildman–Crippen LogP) is 4.63. The van der Waals surface area contributed by atoms with Gasteiger partial charge < -0.3 is 61.9 Å². The van der Waals surface area contributed by atoms with Crippen LogP contribution in [-0.4, -0.2) is 163 Å². The fraction of sp³-hybridized carbons (Fsp3) is 0.821. The van der Waals surface area contributed by atoms with Crippen molar-refractivity contribution in [2.75, 3.05) is 152 Å². The van der Waals surface area contributed by atoms with Gasteiger partial charge in [-0.1, -0.05) is 57.6 Å². The van der Waals surface area contributed by atoms with E-state index in [1.54, 1.807) is 0 Å². The monoisotopic (exact) mass is 762 g/mol. The molecule has 0 bridgehead atoms. The van der Waals surface area contributed by atoms with Crippen LogP contribution in [0.4, 0.5) is 0 Å². The number of aliphatic carboxylic acids is 1. The molecule has 0 unspecified atom stereocenters. The van der Waals surface area contributed by atoms with Gasteiger partial charge in [0.05, 0.1) is 139 Å². The quantitative estimate of drug-likeness (QED) is 0.0922. The number of carboxylic acids is 1. The number of carboxylic acid groups (broad SMARTS) is 1. The third-order valence-electron chi connectivity index (χ3n) is 7.43. The van der Waals surface area contributed by atoms with Crippen LogP contribution >= 0.6 is 0 Å². The van der Waals surface area contributed by atoms with E-state index in [4.69, 9.17) is 61.9 Å². The maximum absolute atomic E-state index is 10.3. The lowest BCUT2D eigenvalue weighted by atomic mass is 10.0. The van der Waals surface area contributed by atoms with Gasteiger partial charge in [-0.3, -0.25) is 0 Å². The van der Waals surface area contributed by atoms with Crippen LogP contribution in [0.3, 0.4) is 0 Å². The summed E-state index contributed by atoms with van der Waals surface area (Å²) in [5, 5.41) is 8.44. The van der Waals surface area contributed by atoms with Gasteiger partial charge in [0.1, 0.15) is 19.0 Å². The van der Waals surface area contributed by atoms with E-state index in [2.05, 4.69) is 19.1 Å². The zero-order valence-corrected chi connectivity index (χ0v) is 32.5. The molecule has 0 spiro atoms. The lowest BCUT2D eigenvalue weighted by Gasteiger charge is -2.09. The van der Waals surface area contributed by atoms with Crippen LogP contribution in [0, 0.1) is 0 Å². The Kier molecular flexibility index (Phi) is 38.2. The van der Waals surface area contributed by atoms with Crippen LogP contribution in [-0.2, 0) is 63.3 Å². The third kappa shape index (κ3) is 38.1. The smallest absolute Gasteiger partial charge is 0.329 e. The molecule has 0 aliphatic carbocycles. The Hall–Kier alpha value is -1.95. The SMILES string of the molecule is CCCCCCCCCc1ccc(OCCOCCOCCOCCOCCOCCOCCOCCOCCOCCOCCOCC(=O)O)cc1. The van der Waals surface area contributed by atoms with Crippen LogP contribution in [0.15, 0.2) is 24.3 Å². The Morgan fingerprint density at radius 3 is 1.06 bits per heavy atom. The van der Waals surface area contributed by atoms with Gasteiger partial charge in [0.25, 0.3) is 0 Å². The molecule has 14 nitrogen and oxygen atoms in total. The van der Waals surface area contributed by atoms with Crippen LogP contribution in [0.25, 0.3) is 0 Å². The Balaban J connectivity index is 1.68. The molecule has 0 amide bonds. The molecule has 0 fully saturated rings. The first-order chi connectivity index (χ1) is 26.2. The maximum atomic E-state index is 10.3. The first kappa shape index (κ1) is 49.1. The number of hydrogen-bond acceptors (Lipinski definition) is 13. The van der Waals surface area contributed by atoms with Crippen molar-refractivity contribution in [3.8, 4) is 5.75 Å². The van der Waals surface area contributed by atoms with Gasteiger partial charge in [-0.15, -0.1) is 0 Å². The van der Waals surface area contributed by atoms with Crippen molar-refractivity contribution >= 4 is 5.97 Å². The topological polar surface area (TPSA) is 148 Å². The predicted molar refractivity (Wildman–Crippen MR) is 200 cm³/mol. The fourth-order valence-electron chi connectivity index (χ4n) is 4.62. The lowest BCUT2D eigenvalue weighted by Crippen LogP contribution is -2.15. The van der Waals surface area contributed by atoms with E-state index in [0.29, 0.717) is 139 Å². The molecule has 0 aromatic heterocycles. The van der Waals surface area contributed by atoms with Crippen molar-refractivity contribution < 1.29 is 66.7 Å². The molecule has 1 rings (SSSR count). The highest BCUT2D eigenvalue weighted by molar-refractivity contribution is 5.67. The highest BCUT2D eigenvalue weighted by Gasteiger charge is 2.00. The summed E-state index contributed by atoms with van der Waals surface area (Å²) in [6, 6.07) is 8.43. The molecule has 0 atom stereocenters. The molecule has 0 saturated heterocycles. The molecular weight excluding hydrogens is 692 g/mol. The number of ether oxygens (including phenoxy) is 12. The highest BCUT2D eigenvalue weighted by atomic mass is 16.6. The second-order valence-corrected chi connectivity index (χ2v) is 11.9. The molecule has 0 heterocycles. The van der Waals surface area contributed by atoms with Crippen LogP contribution in [0.1, 0.15) is 57.4 Å². The number of aryl methyl sites for hydroxylation is 1. The van der Waals surface area contributed by atoms with E-state index in [-0.39, 0.29) is 13.2 Å². The molecule has 0 aliphatic heterocycles. The summed E-state index contributed by atoms with van der Waals surface area (Å²) in [6.45, 7) is 12.3. The second-order valence-electron chi connectivity index (χ2n) is 11.9. The molecular formula is C39H70O14.